The predicted molar refractivity (Wildman–Crippen MR) is 91.4 cm³/mol. The van der Waals surface area contributed by atoms with E-state index in [2.05, 4.69) is 18.4 Å². The van der Waals surface area contributed by atoms with E-state index in [-0.39, 0.29) is 11.9 Å². The molecule has 0 bridgehead atoms. The Kier molecular flexibility index (Phi) is 4.57. The molecule has 0 aliphatic carbocycles. The molecule has 5 heteroatoms. The van der Waals surface area contributed by atoms with Crippen molar-refractivity contribution in [3.05, 3.63) is 45.6 Å². The third-order valence-electron chi connectivity index (χ3n) is 4.40. The van der Waals surface area contributed by atoms with Gasteiger partial charge in [0.1, 0.15) is 0 Å². The van der Waals surface area contributed by atoms with Gasteiger partial charge in [-0.1, -0.05) is 6.07 Å². The van der Waals surface area contributed by atoms with Gasteiger partial charge in [0.15, 0.2) is 11.5 Å². The van der Waals surface area contributed by atoms with Crippen LogP contribution in [0.3, 0.4) is 0 Å². The molecule has 1 amide bonds. The number of ether oxygens (including phenoxy) is 2. The van der Waals surface area contributed by atoms with E-state index in [0.717, 1.165) is 18.5 Å². The molecule has 23 heavy (non-hydrogen) atoms. The Morgan fingerprint density at radius 1 is 1.26 bits per heavy atom. The first kappa shape index (κ1) is 15.9. The van der Waals surface area contributed by atoms with Gasteiger partial charge in [-0.2, -0.15) is 0 Å². The lowest BCUT2D eigenvalue weighted by molar-refractivity contribution is -0.133. The summed E-state index contributed by atoms with van der Waals surface area (Å²) in [5.41, 5.74) is 2.23. The quantitative estimate of drug-likeness (QED) is 0.861. The summed E-state index contributed by atoms with van der Waals surface area (Å²) >= 11 is 1.79. The number of amides is 1. The van der Waals surface area contributed by atoms with Gasteiger partial charge >= 0.3 is 0 Å². The predicted octanol–water partition coefficient (Wildman–Crippen LogP) is 3.45. The molecular weight excluding hydrogens is 310 g/mol. The SMILES string of the molecule is COc1ccc(CC(=O)N2CCc3sccc3C2C)cc1OC. The number of carbonyl (C=O) groups excluding carboxylic acids is 1. The number of fused-ring (bicyclic) bond motifs is 1. The van der Waals surface area contributed by atoms with E-state index in [1.165, 1.54) is 10.4 Å². The Bertz CT molecular complexity index is 710. The van der Waals surface area contributed by atoms with Gasteiger partial charge in [-0.3, -0.25) is 4.79 Å². The maximum absolute atomic E-state index is 12.7. The number of benzene rings is 1. The normalized spacial score (nSPS) is 16.8. The van der Waals surface area contributed by atoms with Crippen LogP contribution in [0.1, 0.15) is 29.0 Å². The molecule has 1 aliphatic rings. The molecule has 0 N–H and O–H groups in total. The number of thiophene rings is 1. The van der Waals surface area contributed by atoms with E-state index in [1.807, 2.05) is 23.1 Å². The minimum Gasteiger partial charge on any atom is -0.493 e. The minimum absolute atomic E-state index is 0.151. The van der Waals surface area contributed by atoms with Crippen LogP contribution >= 0.6 is 11.3 Å². The first-order chi connectivity index (χ1) is 11.1. The van der Waals surface area contributed by atoms with Gasteiger partial charge in [-0.05, 0) is 48.1 Å². The van der Waals surface area contributed by atoms with Crippen LogP contribution in [0.15, 0.2) is 29.6 Å². The van der Waals surface area contributed by atoms with E-state index >= 15 is 0 Å². The third-order valence-corrected chi connectivity index (χ3v) is 5.40. The molecule has 0 radical (unpaired) electrons. The maximum Gasteiger partial charge on any atom is 0.227 e. The average molecular weight is 331 g/mol. The molecule has 2 aromatic rings. The average Bonchev–Trinajstić information content (AvgIpc) is 3.04. The van der Waals surface area contributed by atoms with Crippen molar-refractivity contribution in [1.82, 2.24) is 4.90 Å². The number of hydrogen-bond acceptors (Lipinski definition) is 4. The Labute approximate surface area is 140 Å². The van der Waals surface area contributed by atoms with Crippen LogP contribution in [0.2, 0.25) is 0 Å². The number of hydrogen-bond donors (Lipinski definition) is 0. The fraction of sp³-hybridized carbons (Fsp3) is 0.389. The van der Waals surface area contributed by atoms with Crippen molar-refractivity contribution >= 4 is 17.2 Å². The van der Waals surface area contributed by atoms with E-state index in [9.17, 15) is 4.79 Å². The molecule has 1 aromatic carbocycles. The van der Waals surface area contributed by atoms with Crippen molar-refractivity contribution in [3.8, 4) is 11.5 Å². The summed E-state index contributed by atoms with van der Waals surface area (Å²) in [6.07, 6.45) is 1.33. The lowest BCUT2D eigenvalue weighted by atomic mass is 10.0. The van der Waals surface area contributed by atoms with Gasteiger partial charge in [-0.25, -0.2) is 0 Å². The van der Waals surface area contributed by atoms with Crippen LogP contribution in [0, 0.1) is 0 Å². The van der Waals surface area contributed by atoms with Crippen LogP contribution in [0.4, 0.5) is 0 Å². The summed E-state index contributed by atoms with van der Waals surface area (Å²) in [5.74, 6) is 1.49. The van der Waals surface area contributed by atoms with Crippen molar-refractivity contribution in [2.75, 3.05) is 20.8 Å². The fourth-order valence-electron chi connectivity index (χ4n) is 3.12. The highest BCUT2D eigenvalue weighted by atomic mass is 32.1. The first-order valence-electron chi connectivity index (χ1n) is 7.70. The van der Waals surface area contributed by atoms with Crippen molar-refractivity contribution in [2.24, 2.45) is 0 Å². The van der Waals surface area contributed by atoms with E-state index < -0.39 is 0 Å². The molecule has 1 aliphatic heterocycles. The van der Waals surface area contributed by atoms with Gasteiger partial charge in [0.25, 0.3) is 0 Å². The third kappa shape index (κ3) is 3.06. The number of rotatable bonds is 4. The highest BCUT2D eigenvalue weighted by Gasteiger charge is 2.28. The molecular formula is C18H21NO3S. The van der Waals surface area contributed by atoms with E-state index in [1.54, 1.807) is 25.6 Å². The second-order valence-corrected chi connectivity index (χ2v) is 6.68. The zero-order valence-electron chi connectivity index (χ0n) is 13.7. The summed E-state index contributed by atoms with van der Waals surface area (Å²) < 4.78 is 10.6. The van der Waals surface area contributed by atoms with Crippen LogP contribution in [-0.4, -0.2) is 31.6 Å². The van der Waals surface area contributed by atoms with Gasteiger partial charge in [-0.15, -0.1) is 11.3 Å². The van der Waals surface area contributed by atoms with E-state index in [4.69, 9.17) is 9.47 Å². The smallest absolute Gasteiger partial charge is 0.227 e. The van der Waals surface area contributed by atoms with Crippen LogP contribution in [0.5, 0.6) is 11.5 Å². The molecule has 1 aromatic heterocycles. The minimum atomic E-state index is 0.151. The topological polar surface area (TPSA) is 38.8 Å². The molecule has 0 fully saturated rings. The van der Waals surface area contributed by atoms with Crippen LogP contribution in [0.25, 0.3) is 0 Å². The van der Waals surface area contributed by atoms with Crippen molar-refractivity contribution in [1.29, 1.82) is 0 Å². The molecule has 0 saturated carbocycles. The van der Waals surface area contributed by atoms with Gasteiger partial charge in [0, 0.05) is 11.4 Å². The number of nitrogens with zero attached hydrogens (tertiary/aromatic N) is 1. The Balaban J connectivity index is 1.75. The second-order valence-electron chi connectivity index (χ2n) is 5.68. The van der Waals surface area contributed by atoms with Crippen molar-refractivity contribution in [3.63, 3.8) is 0 Å². The summed E-state index contributed by atoms with van der Waals surface area (Å²) in [5, 5.41) is 2.11. The molecule has 0 spiro atoms. The summed E-state index contributed by atoms with van der Waals surface area (Å²) in [4.78, 5) is 16.1. The molecule has 3 rings (SSSR count). The largest absolute Gasteiger partial charge is 0.493 e. The zero-order chi connectivity index (χ0) is 16.4. The molecule has 2 heterocycles. The molecule has 4 nitrogen and oxygen atoms in total. The number of methoxy groups -OCH3 is 2. The van der Waals surface area contributed by atoms with Crippen molar-refractivity contribution in [2.45, 2.75) is 25.8 Å². The lowest BCUT2D eigenvalue weighted by Gasteiger charge is -2.33. The zero-order valence-corrected chi connectivity index (χ0v) is 14.5. The molecule has 0 saturated heterocycles. The molecule has 1 atom stereocenters. The summed E-state index contributed by atoms with van der Waals surface area (Å²) in [6, 6.07) is 7.93. The standard InChI is InChI=1S/C18H21NO3S/c1-12-14-7-9-23-17(14)6-8-19(12)18(20)11-13-4-5-15(21-2)16(10-13)22-3/h4-5,7,9-10,12H,6,8,11H2,1-3H3. The monoisotopic (exact) mass is 331 g/mol. The highest BCUT2D eigenvalue weighted by Crippen LogP contribution is 2.33. The molecule has 1 unspecified atom stereocenters. The van der Waals surface area contributed by atoms with Crippen molar-refractivity contribution < 1.29 is 14.3 Å². The van der Waals surface area contributed by atoms with Gasteiger partial charge in [0.05, 0.1) is 26.7 Å². The summed E-state index contributed by atoms with van der Waals surface area (Å²) in [6.45, 7) is 2.90. The molecule has 122 valence electrons. The van der Waals surface area contributed by atoms with E-state index in [0.29, 0.717) is 17.9 Å². The highest BCUT2D eigenvalue weighted by molar-refractivity contribution is 7.10. The maximum atomic E-state index is 12.7. The Hall–Kier alpha value is -2.01. The Morgan fingerprint density at radius 3 is 2.78 bits per heavy atom. The fourth-order valence-corrected chi connectivity index (χ4v) is 4.08. The summed E-state index contributed by atoms with van der Waals surface area (Å²) in [7, 11) is 3.21. The van der Waals surface area contributed by atoms with Crippen LogP contribution in [-0.2, 0) is 17.6 Å². The first-order valence-corrected chi connectivity index (χ1v) is 8.58. The lowest BCUT2D eigenvalue weighted by Crippen LogP contribution is -2.39. The Morgan fingerprint density at radius 2 is 2.04 bits per heavy atom. The second kappa shape index (κ2) is 6.62. The number of carbonyl (C=O) groups is 1. The van der Waals surface area contributed by atoms with Crippen LogP contribution < -0.4 is 9.47 Å². The van der Waals surface area contributed by atoms with Gasteiger partial charge in [0.2, 0.25) is 5.91 Å². The van der Waals surface area contributed by atoms with Gasteiger partial charge < -0.3 is 14.4 Å².